The minimum atomic E-state index is 0.308. The van der Waals surface area contributed by atoms with Crippen LogP contribution in [0.2, 0.25) is 0 Å². The van der Waals surface area contributed by atoms with Gasteiger partial charge in [0.05, 0.1) is 0 Å². The van der Waals surface area contributed by atoms with Gasteiger partial charge in [-0.05, 0) is 23.9 Å². The third-order valence-electron chi connectivity index (χ3n) is 1.55. The number of rotatable bonds is 1. The molecule has 2 heterocycles. The van der Waals surface area contributed by atoms with E-state index >= 15 is 0 Å². The van der Waals surface area contributed by atoms with Gasteiger partial charge >= 0.3 is 0 Å². The minimum Gasteiger partial charge on any atom is -0.366 e. The predicted molar refractivity (Wildman–Crippen MR) is 48.4 cm³/mol. The van der Waals surface area contributed by atoms with Crippen molar-refractivity contribution in [2.75, 3.05) is 5.73 Å². The molecule has 5 heteroatoms. The summed E-state index contributed by atoms with van der Waals surface area (Å²) >= 11 is 1.62. The number of nitrogens with two attached hydrogens (primary N) is 1. The van der Waals surface area contributed by atoms with Crippen molar-refractivity contribution >= 4 is 17.3 Å². The first-order chi connectivity index (χ1) is 5.77. The van der Waals surface area contributed by atoms with Gasteiger partial charge in [-0.15, -0.1) is 16.4 Å². The Morgan fingerprint density at radius 2 is 2.42 bits per heavy atom. The van der Waals surface area contributed by atoms with E-state index in [2.05, 4.69) is 10.1 Å². The zero-order chi connectivity index (χ0) is 8.55. The second-order valence-corrected chi connectivity index (χ2v) is 3.35. The van der Waals surface area contributed by atoms with Crippen LogP contribution in [-0.2, 0) is 0 Å². The average molecular weight is 180 g/mol. The molecule has 0 amide bonds. The SMILES string of the molecule is Cc1ccsc1-n1cnc(N)n1. The number of nitrogens with zero attached hydrogens (tertiary/aromatic N) is 3. The molecule has 2 aromatic heterocycles. The quantitative estimate of drug-likeness (QED) is 0.717. The molecule has 0 fully saturated rings. The van der Waals surface area contributed by atoms with E-state index in [1.807, 2.05) is 18.4 Å². The first kappa shape index (κ1) is 7.30. The van der Waals surface area contributed by atoms with Crippen LogP contribution in [0.5, 0.6) is 0 Å². The molecule has 0 saturated carbocycles. The molecule has 0 aliphatic heterocycles. The van der Waals surface area contributed by atoms with Crippen LogP contribution in [0, 0.1) is 6.92 Å². The lowest BCUT2D eigenvalue weighted by atomic mass is 10.4. The van der Waals surface area contributed by atoms with Crippen molar-refractivity contribution in [2.24, 2.45) is 0 Å². The number of hydrogen-bond acceptors (Lipinski definition) is 4. The molecule has 2 N–H and O–H groups in total. The summed E-state index contributed by atoms with van der Waals surface area (Å²) in [5, 5.41) is 7.09. The average Bonchev–Trinajstić information content (AvgIpc) is 2.58. The fraction of sp³-hybridized carbons (Fsp3) is 0.143. The highest BCUT2D eigenvalue weighted by molar-refractivity contribution is 7.12. The standard InChI is InChI=1S/C7H8N4S/c1-5-2-3-12-6(5)11-4-9-7(8)10-11/h2-4H,1H3,(H2,8,10). The van der Waals surface area contributed by atoms with Crippen molar-refractivity contribution in [3.05, 3.63) is 23.3 Å². The molecule has 0 unspecified atom stereocenters. The number of thiophene rings is 1. The maximum absolute atomic E-state index is 5.40. The Balaban J connectivity index is 2.50. The van der Waals surface area contributed by atoms with Crippen LogP contribution in [0.25, 0.3) is 5.00 Å². The normalized spacial score (nSPS) is 10.4. The van der Waals surface area contributed by atoms with Crippen LogP contribution in [-0.4, -0.2) is 14.8 Å². The Labute approximate surface area is 73.7 Å². The number of nitrogen functional groups attached to an aromatic ring is 1. The maximum atomic E-state index is 5.40. The fourth-order valence-corrected chi connectivity index (χ4v) is 1.82. The fourth-order valence-electron chi connectivity index (χ4n) is 0.973. The molecule has 12 heavy (non-hydrogen) atoms. The van der Waals surface area contributed by atoms with Crippen LogP contribution < -0.4 is 5.73 Å². The number of aromatic nitrogens is 3. The van der Waals surface area contributed by atoms with Crippen molar-refractivity contribution in [3.8, 4) is 5.00 Å². The summed E-state index contributed by atoms with van der Waals surface area (Å²) in [6, 6.07) is 2.04. The van der Waals surface area contributed by atoms with Gasteiger partial charge in [-0.3, -0.25) is 0 Å². The summed E-state index contributed by atoms with van der Waals surface area (Å²) in [6.07, 6.45) is 1.62. The maximum Gasteiger partial charge on any atom is 0.239 e. The third kappa shape index (κ3) is 1.08. The van der Waals surface area contributed by atoms with Gasteiger partial charge in [-0.1, -0.05) is 0 Å². The van der Waals surface area contributed by atoms with E-state index in [-0.39, 0.29) is 0 Å². The summed E-state index contributed by atoms with van der Waals surface area (Å²) in [6.45, 7) is 2.03. The topological polar surface area (TPSA) is 56.7 Å². The Hall–Kier alpha value is -1.36. The van der Waals surface area contributed by atoms with E-state index < -0.39 is 0 Å². The van der Waals surface area contributed by atoms with E-state index in [1.54, 1.807) is 22.3 Å². The Morgan fingerprint density at radius 3 is 2.92 bits per heavy atom. The van der Waals surface area contributed by atoms with Gasteiger partial charge in [0.2, 0.25) is 5.95 Å². The van der Waals surface area contributed by atoms with Gasteiger partial charge in [0.25, 0.3) is 0 Å². The van der Waals surface area contributed by atoms with Gasteiger partial charge in [0, 0.05) is 0 Å². The lowest BCUT2D eigenvalue weighted by Gasteiger charge is -1.95. The van der Waals surface area contributed by atoms with Crippen molar-refractivity contribution in [2.45, 2.75) is 6.92 Å². The molecule has 0 aliphatic carbocycles. The molecular formula is C7H8N4S. The largest absolute Gasteiger partial charge is 0.366 e. The second kappa shape index (κ2) is 2.60. The molecule has 0 bridgehead atoms. The minimum absolute atomic E-state index is 0.308. The molecule has 2 aromatic rings. The summed E-state index contributed by atoms with van der Waals surface area (Å²) in [4.78, 5) is 3.85. The molecule has 0 atom stereocenters. The molecule has 4 nitrogen and oxygen atoms in total. The highest BCUT2D eigenvalue weighted by Gasteiger charge is 2.03. The second-order valence-electron chi connectivity index (χ2n) is 2.46. The molecule has 2 rings (SSSR count). The summed E-state index contributed by atoms with van der Waals surface area (Å²) in [5.41, 5.74) is 6.58. The summed E-state index contributed by atoms with van der Waals surface area (Å²) in [5.74, 6) is 0.308. The number of hydrogen-bond donors (Lipinski definition) is 1. The summed E-state index contributed by atoms with van der Waals surface area (Å²) in [7, 11) is 0. The highest BCUT2D eigenvalue weighted by Crippen LogP contribution is 2.19. The van der Waals surface area contributed by atoms with E-state index in [0.717, 1.165) is 5.00 Å². The van der Waals surface area contributed by atoms with Crippen LogP contribution in [0.3, 0.4) is 0 Å². The first-order valence-electron chi connectivity index (χ1n) is 3.49. The molecule has 0 radical (unpaired) electrons. The lowest BCUT2D eigenvalue weighted by molar-refractivity contribution is 0.894. The van der Waals surface area contributed by atoms with Crippen LogP contribution >= 0.6 is 11.3 Å². The molecule has 0 aliphatic rings. The van der Waals surface area contributed by atoms with Gasteiger partial charge in [0.1, 0.15) is 11.3 Å². The van der Waals surface area contributed by atoms with Crippen molar-refractivity contribution in [1.82, 2.24) is 14.8 Å². The predicted octanol–water partition coefficient (Wildman–Crippen LogP) is 1.22. The zero-order valence-corrected chi connectivity index (χ0v) is 7.38. The highest BCUT2D eigenvalue weighted by atomic mass is 32.1. The van der Waals surface area contributed by atoms with E-state index in [4.69, 9.17) is 5.73 Å². The summed E-state index contributed by atoms with van der Waals surface area (Å²) < 4.78 is 1.69. The monoisotopic (exact) mass is 180 g/mol. The third-order valence-corrected chi connectivity index (χ3v) is 2.56. The molecular weight excluding hydrogens is 172 g/mol. The van der Waals surface area contributed by atoms with E-state index in [9.17, 15) is 0 Å². The van der Waals surface area contributed by atoms with E-state index in [1.165, 1.54) is 5.56 Å². The molecule has 0 spiro atoms. The van der Waals surface area contributed by atoms with Crippen molar-refractivity contribution < 1.29 is 0 Å². The van der Waals surface area contributed by atoms with E-state index in [0.29, 0.717) is 5.95 Å². The first-order valence-corrected chi connectivity index (χ1v) is 4.37. The lowest BCUT2D eigenvalue weighted by Crippen LogP contribution is -1.94. The molecule has 0 saturated heterocycles. The zero-order valence-electron chi connectivity index (χ0n) is 6.56. The Morgan fingerprint density at radius 1 is 1.58 bits per heavy atom. The van der Waals surface area contributed by atoms with Gasteiger partial charge in [-0.2, -0.15) is 0 Å². The molecule has 0 aromatic carbocycles. The van der Waals surface area contributed by atoms with Crippen molar-refractivity contribution in [3.63, 3.8) is 0 Å². The van der Waals surface area contributed by atoms with Crippen LogP contribution in [0.15, 0.2) is 17.8 Å². The number of anilines is 1. The Kier molecular flexibility index (Phi) is 1.58. The Bertz CT molecular complexity index is 390. The number of aryl methyl sites for hydroxylation is 1. The smallest absolute Gasteiger partial charge is 0.239 e. The van der Waals surface area contributed by atoms with Crippen LogP contribution in [0.1, 0.15) is 5.56 Å². The van der Waals surface area contributed by atoms with Gasteiger partial charge in [-0.25, -0.2) is 9.67 Å². The van der Waals surface area contributed by atoms with Crippen molar-refractivity contribution in [1.29, 1.82) is 0 Å². The van der Waals surface area contributed by atoms with Gasteiger partial charge in [0.15, 0.2) is 0 Å². The molecule has 62 valence electrons. The van der Waals surface area contributed by atoms with Crippen LogP contribution in [0.4, 0.5) is 5.95 Å². The van der Waals surface area contributed by atoms with Gasteiger partial charge < -0.3 is 5.73 Å².